The zero-order chi connectivity index (χ0) is 14.6. The largest absolute Gasteiger partial charge is 0.444 e. The second-order valence-corrected chi connectivity index (χ2v) is 5.02. The van der Waals surface area contributed by atoms with E-state index in [9.17, 15) is 18.0 Å². The maximum atomic E-state index is 13.5. The number of amides is 1. The summed E-state index contributed by atoms with van der Waals surface area (Å²) in [7, 11) is 0. The lowest BCUT2D eigenvalue weighted by atomic mass is 10.1. The number of alkyl halides is 1. The average Bonchev–Trinajstić information content (AvgIpc) is 2.24. The third-order valence-electron chi connectivity index (χ3n) is 2.18. The van der Waals surface area contributed by atoms with E-state index in [1.807, 2.05) is 0 Å². The van der Waals surface area contributed by atoms with E-state index in [0.717, 1.165) is 12.1 Å². The predicted molar refractivity (Wildman–Crippen MR) is 64.4 cm³/mol. The van der Waals surface area contributed by atoms with E-state index in [4.69, 9.17) is 4.74 Å². The van der Waals surface area contributed by atoms with E-state index in [0.29, 0.717) is 6.07 Å². The lowest BCUT2D eigenvalue weighted by Crippen LogP contribution is -2.36. The Morgan fingerprint density at radius 3 is 2.47 bits per heavy atom. The number of nitrogens with one attached hydrogen (secondary N) is 1. The molecule has 0 radical (unpaired) electrons. The standard InChI is InChI=1S/C13H16F3NO2/c1-13(2,3)19-12(18)17-11(7-14)9-5-4-8(15)6-10(9)16/h4-6,11H,7H2,1-3H3,(H,17,18). The molecule has 1 aromatic rings. The molecule has 0 fully saturated rings. The fourth-order valence-electron chi connectivity index (χ4n) is 1.43. The van der Waals surface area contributed by atoms with Gasteiger partial charge in [-0.05, 0) is 26.8 Å². The van der Waals surface area contributed by atoms with Gasteiger partial charge < -0.3 is 10.1 Å². The Labute approximate surface area is 109 Å². The topological polar surface area (TPSA) is 38.3 Å². The van der Waals surface area contributed by atoms with Gasteiger partial charge >= 0.3 is 6.09 Å². The molecular formula is C13H16F3NO2. The Kier molecular flexibility index (Phi) is 4.80. The Bertz CT molecular complexity index is 458. The molecule has 6 heteroatoms. The molecule has 1 rings (SSSR count). The van der Waals surface area contributed by atoms with Gasteiger partial charge in [0.25, 0.3) is 0 Å². The van der Waals surface area contributed by atoms with Gasteiger partial charge in [0.05, 0.1) is 6.04 Å². The van der Waals surface area contributed by atoms with Gasteiger partial charge in [0.15, 0.2) is 0 Å². The predicted octanol–water partition coefficient (Wildman–Crippen LogP) is 3.50. The van der Waals surface area contributed by atoms with Gasteiger partial charge in [-0.15, -0.1) is 0 Å². The lowest BCUT2D eigenvalue weighted by Gasteiger charge is -2.22. The average molecular weight is 275 g/mol. The molecule has 0 spiro atoms. The number of halogens is 3. The van der Waals surface area contributed by atoms with Crippen LogP contribution in [-0.2, 0) is 4.74 Å². The third kappa shape index (κ3) is 4.81. The number of carbonyl (C=O) groups excluding carboxylic acids is 1. The van der Waals surface area contributed by atoms with Crippen LogP contribution in [0, 0.1) is 11.6 Å². The zero-order valence-electron chi connectivity index (χ0n) is 11.0. The van der Waals surface area contributed by atoms with Crippen LogP contribution in [-0.4, -0.2) is 18.4 Å². The molecule has 0 aliphatic heterocycles. The Balaban J connectivity index is 2.81. The normalized spacial score (nSPS) is 12.9. The van der Waals surface area contributed by atoms with Crippen molar-refractivity contribution >= 4 is 6.09 Å². The van der Waals surface area contributed by atoms with Crippen molar-refractivity contribution in [2.45, 2.75) is 32.4 Å². The van der Waals surface area contributed by atoms with E-state index >= 15 is 0 Å². The van der Waals surface area contributed by atoms with Gasteiger partial charge in [0.1, 0.15) is 23.9 Å². The molecule has 1 N–H and O–H groups in total. The molecule has 0 saturated heterocycles. The molecule has 106 valence electrons. The minimum Gasteiger partial charge on any atom is -0.444 e. The van der Waals surface area contributed by atoms with Crippen LogP contribution >= 0.6 is 0 Å². The SMILES string of the molecule is CC(C)(C)OC(=O)NC(CF)c1ccc(F)cc1F. The molecule has 0 aliphatic carbocycles. The number of hydrogen-bond acceptors (Lipinski definition) is 2. The van der Waals surface area contributed by atoms with Crippen LogP contribution in [0.5, 0.6) is 0 Å². The van der Waals surface area contributed by atoms with Crippen molar-refractivity contribution in [2.75, 3.05) is 6.67 Å². The first kappa shape index (κ1) is 15.3. The zero-order valence-corrected chi connectivity index (χ0v) is 11.0. The first-order valence-electron chi connectivity index (χ1n) is 5.73. The summed E-state index contributed by atoms with van der Waals surface area (Å²) in [6, 6.07) is 1.51. The van der Waals surface area contributed by atoms with E-state index < -0.39 is 36.0 Å². The lowest BCUT2D eigenvalue weighted by molar-refractivity contribution is 0.0494. The van der Waals surface area contributed by atoms with Crippen LogP contribution in [0.4, 0.5) is 18.0 Å². The van der Waals surface area contributed by atoms with Crippen molar-refractivity contribution in [1.82, 2.24) is 5.32 Å². The van der Waals surface area contributed by atoms with Crippen molar-refractivity contribution < 1.29 is 22.7 Å². The molecule has 3 nitrogen and oxygen atoms in total. The van der Waals surface area contributed by atoms with E-state index in [1.54, 1.807) is 20.8 Å². The van der Waals surface area contributed by atoms with E-state index in [2.05, 4.69) is 5.32 Å². The van der Waals surface area contributed by atoms with Crippen LogP contribution in [0.3, 0.4) is 0 Å². The number of rotatable bonds is 3. The maximum Gasteiger partial charge on any atom is 0.408 e. The fraction of sp³-hybridized carbons (Fsp3) is 0.462. The van der Waals surface area contributed by atoms with Crippen molar-refractivity contribution in [1.29, 1.82) is 0 Å². The Morgan fingerprint density at radius 1 is 1.37 bits per heavy atom. The van der Waals surface area contributed by atoms with Gasteiger partial charge in [-0.3, -0.25) is 0 Å². The van der Waals surface area contributed by atoms with Gasteiger partial charge in [0.2, 0.25) is 0 Å². The summed E-state index contributed by atoms with van der Waals surface area (Å²) in [6.45, 7) is 3.92. The molecule has 0 aromatic heterocycles. The maximum absolute atomic E-state index is 13.5. The number of benzene rings is 1. The Morgan fingerprint density at radius 2 is 2.00 bits per heavy atom. The van der Waals surface area contributed by atoms with Crippen molar-refractivity contribution in [3.63, 3.8) is 0 Å². The van der Waals surface area contributed by atoms with Crippen molar-refractivity contribution in [2.24, 2.45) is 0 Å². The second kappa shape index (κ2) is 5.95. The summed E-state index contributed by atoms with van der Waals surface area (Å²) in [4.78, 5) is 11.5. The highest BCUT2D eigenvalue weighted by atomic mass is 19.1. The van der Waals surface area contributed by atoms with Crippen LogP contribution in [0.1, 0.15) is 32.4 Å². The number of alkyl carbamates (subject to hydrolysis) is 1. The molecule has 19 heavy (non-hydrogen) atoms. The highest BCUT2D eigenvalue weighted by molar-refractivity contribution is 5.68. The van der Waals surface area contributed by atoms with E-state index in [-0.39, 0.29) is 5.56 Å². The summed E-state index contributed by atoms with van der Waals surface area (Å²) < 4.78 is 44.1. The van der Waals surface area contributed by atoms with Crippen LogP contribution in [0.15, 0.2) is 18.2 Å². The Hall–Kier alpha value is -1.72. The fourth-order valence-corrected chi connectivity index (χ4v) is 1.43. The van der Waals surface area contributed by atoms with Gasteiger partial charge in [-0.2, -0.15) is 0 Å². The molecule has 1 amide bonds. The van der Waals surface area contributed by atoms with E-state index in [1.165, 1.54) is 0 Å². The molecule has 1 unspecified atom stereocenters. The second-order valence-electron chi connectivity index (χ2n) is 5.02. The number of hydrogen-bond donors (Lipinski definition) is 1. The van der Waals surface area contributed by atoms with Gasteiger partial charge in [0, 0.05) is 11.6 Å². The van der Waals surface area contributed by atoms with Crippen LogP contribution in [0.2, 0.25) is 0 Å². The quantitative estimate of drug-likeness (QED) is 0.916. The highest BCUT2D eigenvalue weighted by Gasteiger charge is 2.22. The molecule has 0 bridgehead atoms. The van der Waals surface area contributed by atoms with Crippen molar-refractivity contribution in [3.8, 4) is 0 Å². The smallest absolute Gasteiger partial charge is 0.408 e. The monoisotopic (exact) mass is 275 g/mol. The number of ether oxygens (including phenoxy) is 1. The molecular weight excluding hydrogens is 259 g/mol. The minimum atomic E-state index is -1.21. The summed E-state index contributed by atoms with van der Waals surface area (Å²) in [6.07, 6.45) is -0.862. The first-order valence-corrected chi connectivity index (χ1v) is 5.73. The highest BCUT2D eigenvalue weighted by Crippen LogP contribution is 2.19. The van der Waals surface area contributed by atoms with Crippen molar-refractivity contribution in [3.05, 3.63) is 35.4 Å². The summed E-state index contributed by atoms with van der Waals surface area (Å²) in [5.41, 5.74) is -0.874. The van der Waals surface area contributed by atoms with Gasteiger partial charge in [-0.25, -0.2) is 18.0 Å². The number of carbonyl (C=O) groups is 1. The summed E-state index contributed by atoms with van der Waals surface area (Å²) >= 11 is 0. The first-order chi connectivity index (χ1) is 8.73. The van der Waals surface area contributed by atoms with Crippen LogP contribution in [0.25, 0.3) is 0 Å². The molecule has 0 heterocycles. The summed E-state index contributed by atoms with van der Waals surface area (Å²) in [5, 5.41) is 2.20. The minimum absolute atomic E-state index is 0.130. The molecule has 0 saturated carbocycles. The molecule has 1 atom stereocenters. The van der Waals surface area contributed by atoms with Crippen LogP contribution < -0.4 is 5.32 Å². The summed E-state index contributed by atoms with van der Waals surface area (Å²) in [5.74, 6) is -1.69. The third-order valence-corrected chi connectivity index (χ3v) is 2.18. The molecule has 1 aromatic carbocycles. The molecule has 0 aliphatic rings. The van der Waals surface area contributed by atoms with Gasteiger partial charge in [-0.1, -0.05) is 6.07 Å².